The lowest BCUT2D eigenvalue weighted by Crippen LogP contribution is -2.61. The predicted octanol–water partition coefficient (Wildman–Crippen LogP) is 0.813. The van der Waals surface area contributed by atoms with Crippen molar-refractivity contribution in [3.63, 3.8) is 0 Å². The molecule has 1 aromatic heterocycles. The Kier molecular flexibility index (Phi) is 4.58. The van der Waals surface area contributed by atoms with Crippen molar-refractivity contribution in [2.75, 3.05) is 31.6 Å². The number of nitrogens with zero attached hydrogens (tertiary/aromatic N) is 2. The van der Waals surface area contributed by atoms with E-state index in [1.807, 2.05) is 38.1 Å². The first kappa shape index (κ1) is 17.8. The minimum atomic E-state index is -0.677. The Labute approximate surface area is 150 Å². The third-order valence-corrected chi connectivity index (χ3v) is 4.61. The van der Waals surface area contributed by atoms with Crippen LogP contribution in [0.1, 0.15) is 24.2 Å². The fourth-order valence-electron chi connectivity index (χ4n) is 3.37. The molecule has 0 saturated carbocycles. The van der Waals surface area contributed by atoms with E-state index in [4.69, 9.17) is 4.74 Å². The van der Waals surface area contributed by atoms with Crippen molar-refractivity contribution in [3.8, 4) is 5.75 Å². The average Bonchev–Trinajstić information content (AvgIpc) is 2.60. The number of hydrogen-bond donors (Lipinski definition) is 2. The van der Waals surface area contributed by atoms with Crippen LogP contribution in [0.3, 0.4) is 0 Å². The van der Waals surface area contributed by atoms with Gasteiger partial charge in [-0.25, -0.2) is 4.79 Å². The summed E-state index contributed by atoms with van der Waals surface area (Å²) in [5.74, 6) is 0.382. The molecular formula is C18H22N4O4. The molecule has 0 unspecified atom stereocenters. The number of para-hydroxylation sites is 2. The second-order valence-corrected chi connectivity index (χ2v) is 6.85. The number of hydrogen-bond acceptors (Lipinski definition) is 5. The molecule has 3 rings (SSSR count). The minimum absolute atomic E-state index is 0.0638. The first-order valence-electron chi connectivity index (χ1n) is 8.35. The van der Waals surface area contributed by atoms with Crippen LogP contribution in [0.15, 0.2) is 40.1 Å². The summed E-state index contributed by atoms with van der Waals surface area (Å²) in [6.07, 6.45) is 1.17. The van der Waals surface area contributed by atoms with Gasteiger partial charge in [0.25, 0.3) is 11.5 Å². The molecule has 0 atom stereocenters. The van der Waals surface area contributed by atoms with Crippen LogP contribution in [0.4, 0.5) is 5.69 Å². The van der Waals surface area contributed by atoms with Gasteiger partial charge in [-0.15, -0.1) is 0 Å². The number of amides is 1. The van der Waals surface area contributed by atoms with E-state index in [2.05, 4.69) is 14.9 Å². The molecule has 0 spiro atoms. The molecule has 1 saturated heterocycles. The minimum Gasteiger partial charge on any atom is -0.495 e. The lowest BCUT2D eigenvalue weighted by molar-refractivity contribution is 0.0683. The van der Waals surface area contributed by atoms with Crippen LogP contribution in [0.25, 0.3) is 0 Å². The van der Waals surface area contributed by atoms with Crippen LogP contribution in [0.5, 0.6) is 5.75 Å². The van der Waals surface area contributed by atoms with Crippen LogP contribution in [-0.2, 0) is 0 Å². The summed E-state index contributed by atoms with van der Waals surface area (Å²) in [7, 11) is 1.63. The summed E-state index contributed by atoms with van der Waals surface area (Å²) in [5.41, 5.74) is -0.769. The fourth-order valence-corrected chi connectivity index (χ4v) is 3.37. The molecular weight excluding hydrogens is 336 g/mol. The Morgan fingerprint density at radius 1 is 1.19 bits per heavy atom. The van der Waals surface area contributed by atoms with E-state index >= 15 is 0 Å². The smallest absolute Gasteiger partial charge is 0.325 e. The van der Waals surface area contributed by atoms with Crippen molar-refractivity contribution in [1.82, 2.24) is 14.9 Å². The highest BCUT2D eigenvalue weighted by Gasteiger charge is 2.37. The van der Waals surface area contributed by atoms with Crippen molar-refractivity contribution >= 4 is 11.6 Å². The van der Waals surface area contributed by atoms with Gasteiger partial charge in [0.1, 0.15) is 11.3 Å². The molecule has 138 valence electrons. The highest BCUT2D eigenvalue weighted by molar-refractivity contribution is 5.93. The van der Waals surface area contributed by atoms with Crippen molar-refractivity contribution in [3.05, 3.63) is 56.9 Å². The molecule has 2 aromatic rings. The van der Waals surface area contributed by atoms with Crippen molar-refractivity contribution in [1.29, 1.82) is 0 Å². The predicted molar refractivity (Wildman–Crippen MR) is 98.0 cm³/mol. The molecule has 1 fully saturated rings. The molecule has 0 radical (unpaired) electrons. The van der Waals surface area contributed by atoms with E-state index < -0.39 is 17.2 Å². The summed E-state index contributed by atoms with van der Waals surface area (Å²) >= 11 is 0. The zero-order valence-corrected chi connectivity index (χ0v) is 15.0. The number of ether oxygens (including phenoxy) is 1. The normalized spacial score (nSPS) is 16.4. The summed E-state index contributed by atoms with van der Waals surface area (Å²) in [6.45, 7) is 5.56. The van der Waals surface area contributed by atoms with E-state index in [1.165, 1.54) is 6.20 Å². The summed E-state index contributed by atoms with van der Waals surface area (Å²) in [4.78, 5) is 44.1. The number of rotatable bonds is 3. The van der Waals surface area contributed by atoms with Crippen LogP contribution in [0, 0.1) is 0 Å². The fraction of sp³-hybridized carbons (Fsp3) is 0.389. The average molecular weight is 358 g/mol. The van der Waals surface area contributed by atoms with Gasteiger partial charge in [-0.05, 0) is 26.0 Å². The second-order valence-electron chi connectivity index (χ2n) is 6.85. The number of benzene rings is 1. The maximum absolute atomic E-state index is 12.7. The number of piperazine rings is 1. The van der Waals surface area contributed by atoms with E-state index in [9.17, 15) is 14.4 Å². The van der Waals surface area contributed by atoms with Crippen LogP contribution >= 0.6 is 0 Å². The summed E-state index contributed by atoms with van der Waals surface area (Å²) in [5, 5.41) is 0. The number of nitrogens with one attached hydrogen (secondary N) is 2. The SMILES string of the molecule is COc1ccccc1N1CCN(C(=O)c2c[nH]c(=O)[nH]c2=O)CC1(C)C. The van der Waals surface area contributed by atoms with Gasteiger partial charge < -0.3 is 19.5 Å². The summed E-state index contributed by atoms with van der Waals surface area (Å²) in [6, 6.07) is 7.76. The largest absolute Gasteiger partial charge is 0.495 e. The molecule has 0 bridgehead atoms. The van der Waals surface area contributed by atoms with Gasteiger partial charge in [0.05, 0.1) is 18.3 Å². The molecule has 1 aliphatic rings. The van der Waals surface area contributed by atoms with Gasteiger partial charge in [0.2, 0.25) is 0 Å². The van der Waals surface area contributed by atoms with Gasteiger partial charge in [-0.3, -0.25) is 14.6 Å². The number of methoxy groups -OCH3 is 1. The molecule has 1 aromatic carbocycles. The number of aromatic amines is 2. The van der Waals surface area contributed by atoms with Crippen molar-refractivity contribution in [2.24, 2.45) is 0 Å². The van der Waals surface area contributed by atoms with E-state index in [1.54, 1.807) is 12.0 Å². The highest BCUT2D eigenvalue weighted by Crippen LogP contribution is 2.34. The first-order chi connectivity index (χ1) is 12.3. The zero-order chi connectivity index (χ0) is 18.9. The Bertz CT molecular complexity index is 931. The lowest BCUT2D eigenvalue weighted by atomic mass is 9.97. The van der Waals surface area contributed by atoms with Gasteiger partial charge in [0.15, 0.2) is 0 Å². The van der Waals surface area contributed by atoms with Gasteiger partial charge in [0, 0.05) is 25.8 Å². The molecule has 8 nitrogen and oxygen atoms in total. The van der Waals surface area contributed by atoms with E-state index in [0.29, 0.717) is 19.6 Å². The number of carbonyl (C=O) groups excluding carboxylic acids is 1. The molecule has 1 amide bonds. The zero-order valence-electron chi connectivity index (χ0n) is 15.0. The van der Waals surface area contributed by atoms with E-state index in [0.717, 1.165) is 11.4 Å². The monoisotopic (exact) mass is 358 g/mol. The number of anilines is 1. The number of carbonyl (C=O) groups is 1. The topological polar surface area (TPSA) is 98.5 Å². The Hall–Kier alpha value is -3.03. The van der Waals surface area contributed by atoms with Gasteiger partial charge in [-0.2, -0.15) is 0 Å². The quantitative estimate of drug-likeness (QED) is 0.846. The lowest BCUT2D eigenvalue weighted by Gasteiger charge is -2.48. The maximum atomic E-state index is 12.7. The van der Waals surface area contributed by atoms with Crippen LogP contribution in [-0.4, -0.2) is 53.1 Å². The maximum Gasteiger partial charge on any atom is 0.325 e. The van der Waals surface area contributed by atoms with Gasteiger partial charge in [-0.1, -0.05) is 12.1 Å². The molecule has 1 aliphatic heterocycles. The van der Waals surface area contributed by atoms with Crippen LogP contribution < -0.4 is 20.9 Å². The standard InChI is InChI=1S/C18H22N4O4/c1-18(2)11-21(16(24)12-10-19-17(25)20-15(12)23)8-9-22(18)13-6-4-5-7-14(13)26-3/h4-7,10H,8-9,11H2,1-3H3,(H2,19,20,23,25). The molecule has 0 aliphatic carbocycles. The highest BCUT2D eigenvalue weighted by atomic mass is 16.5. The van der Waals surface area contributed by atoms with E-state index in [-0.39, 0.29) is 11.1 Å². The number of aromatic nitrogens is 2. The Morgan fingerprint density at radius 3 is 2.58 bits per heavy atom. The number of H-pyrrole nitrogens is 2. The molecule has 8 heteroatoms. The Morgan fingerprint density at radius 2 is 1.92 bits per heavy atom. The molecule has 2 N–H and O–H groups in total. The van der Waals surface area contributed by atoms with Crippen molar-refractivity contribution < 1.29 is 9.53 Å². The third-order valence-electron chi connectivity index (χ3n) is 4.61. The Balaban J connectivity index is 1.85. The molecule has 2 heterocycles. The second kappa shape index (κ2) is 6.70. The first-order valence-corrected chi connectivity index (χ1v) is 8.35. The van der Waals surface area contributed by atoms with Crippen LogP contribution in [0.2, 0.25) is 0 Å². The van der Waals surface area contributed by atoms with Gasteiger partial charge >= 0.3 is 5.69 Å². The third kappa shape index (κ3) is 3.22. The molecule has 26 heavy (non-hydrogen) atoms. The van der Waals surface area contributed by atoms with Crippen molar-refractivity contribution in [2.45, 2.75) is 19.4 Å². The summed E-state index contributed by atoms with van der Waals surface area (Å²) < 4.78 is 5.46.